The van der Waals surface area contributed by atoms with Crippen molar-refractivity contribution >= 4 is 0 Å². The van der Waals surface area contributed by atoms with Crippen LogP contribution in [-0.2, 0) is 6.42 Å². The van der Waals surface area contributed by atoms with Crippen LogP contribution in [0.4, 0.5) is 4.39 Å². The topological polar surface area (TPSA) is 0 Å². The van der Waals surface area contributed by atoms with Crippen LogP contribution in [0, 0.1) is 25.6 Å². The highest BCUT2D eigenvalue weighted by atomic mass is 19.1. The van der Waals surface area contributed by atoms with Gasteiger partial charge in [0.15, 0.2) is 0 Å². The van der Waals surface area contributed by atoms with Gasteiger partial charge >= 0.3 is 0 Å². The van der Waals surface area contributed by atoms with Gasteiger partial charge < -0.3 is 0 Å². The molecule has 0 amide bonds. The van der Waals surface area contributed by atoms with E-state index in [1.165, 1.54) is 31.2 Å². The van der Waals surface area contributed by atoms with Crippen LogP contribution in [0.3, 0.4) is 0 Å². The van der Waals surface area contributed by atoms with Crippen molar-refractivity contribution in [2.45, 2.75) is 52.4 Å². The zero-order valence-corrected chi connectivity index (χ0v) is 10.4. The number of hydrogen-bond donors (Lipinski definition) is 0. The minimum Gasteiger partial charge on any atom is -0.206 e. The first-order chi connectivity index (χ1) is 7.66. The van der Waals surface area contributed by atoms with Crippen LogP contribution < -0.4 is 0 Å². The van der Waals surface area contributed by atoms with Crippen molar-refractivity contribution in [3.63, 3.8) is 0 Å². The highest BCUT2D eigenvalue weighted by Gasteiger charge is 2.20. The molecule has 0 saturated heterocycles. The zero-order valence-electron chi connectivity index (χ0n) is 10.4. The summed E-state index contributed by atoms with van der Waals surface area (Å²) in [4.78, 5) is 0. The van der Waals surface area contributed by atoms with Crippen molar-refractivity contribution in [1.82, 2.24) is 0 Å². The Kier molecular flexibility index (Phi) is 3.63. The largest absolute Gasteiger partial charge is 0.206 e. The molecule has 0 N–H and O–H groups in total. The average molecular weight is 220 g/mol. The van der Waals surface area contributed by atoms with Gasteiger partial charge in [0.25, 0.3) is 0 Å². The van der Waals surface area contributed by atoms with Gasteiger partial charge in [-0.25, -0.2) is 4.39 Å². The van der Waals surface area contributed by atoms with Crippen LogP contribution in [0.25, 0.3) is 0 Å². The standard InChI is InChI=1S/C15H21F/c1-11-9-12(2)15(16)14(10-11)6-4-3-5-13-7-8-13/h9-10,13H,3-8H2,1-2H3. The van der Waals surface area contributed by atoms with Crippen LogP contribution in [0.15, 0.2) is 12.1 Å². The van der Waals surface area contributed by atoms with Gasteiger partial charge in [0.05, 0.1) is 0 Å². The molecule has 0 aliphatic heterocycles. The minimum atomic E-state index is 0.0111. The van der Waals surface area contributed by atoms with E-state index in [4.69, 9.17) is 0 Å². The van der Waals surface area contributed by atoms with Gasteiger partial charge in [-0.1, -0.05) is 43.4 Å². The molecule has 0 nitrogen and oxygen atoms in total. The van der Waals surface area contributed by atoms with E-state index in [1.807, 2.05) is 26.0 Å². The molecule has 0 radical (unpaired) electrons. The molecule has 1 aromatic rings. The van der Waals surface area contributed by atoms with E-state index >= 15 is 0 Å². The van der Waals surface area contributed by atoms with Gasteiger partial charge in [-0.2, -0.15) is 0 Å². The predicted molar refractivity (Wildman–Crippen MR) is 66.2 cm³/mol. The molecular formula is C15H21F. The Bertz CT molecular complexity index is 364. The third-order valence-corrected chi connectivity index (χ3v) is 3.48. The lowest BCUT2D eigenvalue weighted by molar-refractivity contribution is 0.579. The van der Waals surface area contributed by atoms with Crippen LogP contribution >= 0.6 is 0 Å². The monoisotopic (exact) mass is 220 g/mol. The van der Waals surface area contributed by atoms with Crippen LogP contribution in [0.2, 0.25) is 0 Å². The summed E-state index contributed by atoms with van der Waals surface area (Å²) in [6, 6.07) is 3.92. The van der Waals surface area contributed by atoms with E-state index in [1.54, 1.807) is 0 Å². The predicted octanol–water partition coefficient (Wildman–Crippen LogP) is 4.57. The minimum absolute atomic E-state index is 0.0111. The van der Waals surface area contributed by atoms with Gasteiger partial charge in [0.1, 0.15) is 5.82 Å². The molecule has 0 unspecified atom stereocenters. The number of aryl methyl sites for hydroxylation is 3. The molecule has 88 valence electrons. The second-order valence-electron chi connectivity index (χ2n) is 5.24. The maximum atomic E-state index is 13.8. The molecule has 1 aliphatic rings. The average Bonchev–Trinajstić information content (AvgIpc) is 3.03. The molecule has 0 bridgehead atoms. The van der Waals surface area contributed by atoms with Crippen LogP contribution in [-0.4, -0.2) is 0 Å². The molecule has 16 heavy (non-hydrogen) atoms. The van der Waals surface area contributed by atoms with Gasteiger partial charge in [0.2, 0.25) is 0 Å². The molecule has 1 saturated carbocycles. The second-order valence-corrected chi connectivity index (χ2v) is 5.24. The summed E-state index contributed by atoms with van der Waals surface area (Å²) in [7, 11) is 0. The number of benzene rings is 1. The zero-order chi connectivity index (χ0) is 11.5. The van der Waals surface area contributed by atoms with Crippen molar-refractivity contribution in [3.05, 3.63) is 34.6 Å². The smallest absolute Gasteiger partial charge is 0.129 e. The Morgan fingerprint density at radius 1 is 1.19 bits per heavy atom. The lowest BCUT2D eigenvalue weighted by atomic mass is 10.0. The van der Waals surface area contributed by atoms with Crippen LogP contribution in [0.5, 0.6) is 0 Å². The normalized spacial score (nSPS) is 15.4. The third-order valence-electron chi connectivity index (χ3n) is 3.48. The summed E-state index contributed by atoms with van der Waals surface area (Å²) in [5.74, 6) is 1.01. The molecule has 0 spiro atoms. The maximum Gasteiger partial charge on any atom is 0.129 e. The molecule has 1 heteroatoms. The second kappa shape index (κ2) is 4.99. The van der Waals surface area contributed by atoms with E-state index in [0.29, 0.717) is 0 Å². The molecule has 0 atom stereocenters. The quantitative estimate of drug-likeness (QED) is 0.638. The first-order valence-corrected chi connectivity index (χ1v) is 6.42. The number of hydrogen-bond acceptors (Lipinski definition) is 0. The molecule has 2 rings (SSSR count). The number of rotatable bonds is 5. The fraction of sp³-hybridized carbons (Fsp3) is 0.600. The summed E-state index contributed by atoms with van der Waals surface area (Å²) in [6.45, 7) is 3.90. The van der Waals surface area contributed by atoms with Crippen LogP contribution in [0.1, 0.15) is 48.8 Å². The lowest BCUT2D eigenvalue weighted by Gasteiger charge is -2.07. The van der Waals surface area contributed by atoms with E-state index in [9.17, 15) is 4.39 Å². The van der Waals surface area contributed by atoms with Gasteiger partial charge in [-0.15, -0.1) is 0 Å². The van der Waals surface area contributed by atoms with E-state index in [0.717, 1.165) is 29.9 Å². The van der Waals surface area contributed by atoms with Gasteiger partial charge in [-0.3, -0.25) is 0 Å². The summed E-state index contributed by atoms with van der Waals surface area (Å²) < 4.78 is 13.8. The fourth-order valence-corrected chi connectivity index (χ4v) is 2.37. The van der Waals surface area contributed by atoms with E-state index < -0.39 is 0 Å². The Hall–Kier alpha value is -0.850. The fourth-order valence-electron chi connectivity index (χ4n) is 2.37. The van der Waals surface area contributed by atoms with Gasteiger partial charge in [0, 0.05) is 0 Å². The van der Waals surface area contributed by atoms with E-state index in [2.05, 4.69) is 0 Å². The summed E-state index contributed by atoms with van der Waals surface area (Å²) in [5.41, 5.74) is 2.88. The molecule has 0 heterocycles. The number of unbranched alkanes of at least 4 members (excludes halogenated alkanes) is 1. The van der Waals surface area contributed by atoms with Crippen molar-refractivity contribution in [1.29, 1.82) is 0 Å². The SMILES string of the molecule is Cc1cc(C)c(F)c(CCCCC2CC2)c1. The van der Waals surface area contributed by atoms with Crippen molar-refractivity contribution in [3.8, 4) is 0 Å². The van der Waals surface area contributed by atoms with Crippen molar-refractivity contribution in [2.24, 2.45) is 5.92 Å². The molecule has 1 aromatic carbocycles. The molecular weight excluding hydrogens is 199 g/mol. The summed E-state index contributed by atoms with van der Waals surface area (Å²) >= 11 is 0. The summed E-state index contributed by atoms with van der Waals surface area (Å²) in [6.07, 6.45) is 7.51. The summed E-state index contributed by atoms with van der Waals surface area (Å²) in [5, 5.41) is 0. The Balaban J connectivity index is 1.86. The molecule has 0 aromatic heterocycles. The first kappa shape index (κ1) is 11.6. The first-order valence-electron chi connectivity index (χ1n) is 6.42. The highest BCUT2D eigenvalue weighted by Crippen LogP contribution is 2.34. The van der Waals surface area contributed by atoms with Gasteiger partial charge in [-0.05, 0) is 43.7 Å². The Morgan fingerprint density at radius 3 is 2.62 bits per heavy atom. The Labute approximate surface area is 97.9 Å². The lowest BCUT2D eigenvalue weighted by Crippen LogP contribution is -1.95. The molecule has 1 aliphatic carbocycles. The highest BCUT2D eigenvalue weighted by molar-refractivity contribution is 5.30. The maximum absolute atomic E-state index is 13.8. The number of halogens is 1. The van der Waals surface area contributed by atoms with Crippen molar-refractivity contribution in [2.75, 3.05) is 0 Å². The van der Waals surface area contributed by atoms with Crippen molar-refractivity contribution < 1.29 is 4.39 Å². The molecule has 1 fully saturated rings. The third kappa shape index (κ3) is 3.07. The van der Waals surface area contributed by atoms with E-state index in [-0.39, 0.29) is 5.82 Å². The Morgan fingerprint density at radius 2 is 1.94 bits per heavy atom.